The predicted molar refractivity (Wildman–Crippen MR) is 143 cm³/mol. The fourth-order valence-corrected chi connectivity index (χ4v) is 5.30. The number of piperidine rings is 1. The van der Waals surface area contributed by atoms with Crippen LogP contribution in [-0.4, -0.2) is 86.4 Å². The van der Waals surface area contributed by atoms with Gasteiger partial charge in [-0.05, 0) is 63.2 Å². The van der Waals surface area contributed by atoms with Crippen LogP contribution in [0.2, 0.25) is 0 Å². The first-order valence-corrected chi connectivity index (χ1v) is 12.9. The van der Waals surface area contributed by atoms with Crippen molar-refractivity contribution in [3.63, 3.8) is 0 Å². The Labute approximate surface area is 214 Å². The van der Waals surface area contributed by atoms with Crippen molar-refractivity contribution in [1.82, 2.24) is 15.1 Å². The van der Waals surface area contributed by atoms with Crippen LogP contribution in [0.1, 0.15) is 40.5 Å². The standard InChI is InChI=1S/C27H40N6O3/c1-18-13-19(7-8-23(18)35-6)24-22(30-17-28-5)9-11-29-25(31-24)33-14-20-10-12-32(15-21(20)16-33)26(34)36-27(2,3)4/h7-9,17-18,20-21H,10-16H2,1-6H3,(H,28,30). The third-order valence-corrected chi connectivity index (χ3v) is 7.08. The van der Waals surface area contributed by atoms with Crippen molar-refractivity contribution in [1.29, 1.82) is 0 Å². The van der Waals surface area contributed by atoms with E-state index in [1.54, 1.807) is 20.5 Å². The van der Waals surface area contributed by atoms with Crippen molar-refractivity contribution in [2.45, 2.75) is 46.1 Å². The Kier molecular flexibility index (Phi) is 7.85. The summed E-state index contributed by atoms with van der Waals surface area (Å²) >= 11 is 0. The zero-order valence-electron chi connectivity index (χ0n) is 22.5. The second kappa shape index (κ2) is 10.9. The van der Waals surface area contributed by atoms with Gasteiger partial charge in [0.05, 0.1) is 37.2 Å². The molecule has 1 aliphatic carbocycles. The molecular weight excluding hydrogens is 456 g/mol. The maximum atomic E-state index is 12.6. The number of fused-ring (bicyclic) bond motifs is 1. The smallest absolute Gasteiger partial charge is 0.410 e. The first-order valence-electron chi connectivity index (χ1n) is 12.9. The Morgan fingerprint density at radius 2 is 2.00 bits per heavy atom. The molecule has 1 N–H and O–H groups in total. The van der Waals surface area contributed by atoms with E-state index in [0.717, 1.165) is 61.2 Å². The van der Waals surface area contributed by atoms with E-state index in [9.17, 15) is 4.79 Å². The van der Waals surface area contributed by atoms with Crippen LogP contribution in [0.4, 0.5) is 4.79 Å². The topological polar surface area (TPSA) is 91.1 Å². The molecule has 2 saturated heterocycles. The highest BCUT2D eigenvalue weighted by atomic mass is 16.6. The number of rotatable bonds is 4. The average Bonchev–Trinajstić information content (AvgIpc) is 3.14. The molecule has 3 heterocycles. The Morgan fingerprint density at radius 3 is 2.69 bits per heavy atom. The number of guanidine groups is 1. The van der Waals surface area contributed by atoms with Crippen molar-refractivity contribution in [2.75, 3.05) is 46.9 Å². The first kappa shape index (κ1) is 26.0. The molecule has 196 valence electrons. The number of ether oxygens (including phenoxy) is 2. The molecule has 4 rings (SSSR count). The lowest BCUT2D eigenvalue weighted by molar-refractivity contribution is 0.0139. The number of hydrogen-bond donors (Lipinski definition) is 1. The summed E-state index contributed by atoms with van der Waals surface area (Å²) in [4.78, 5) is 30.9. The Bertz CT molecular complexity index is 1030. The van der Waals surface area contributed by atoms with Crippen molar-refractivity contribution < 1.29 is 14.3 Å². The molecule has 0 bridgehead atoms. The third kappa shape index (κ3) is 5.99. The van der Waals surface area contributed by atoms with E-state index in [0.29, 0.717) is 24.9 Å². The van der Waals surface area contributed by atoms with Gasteiger partial charge >= 0.3 is 6.09 Å². The van der Waals surface area contributed by atoms with Crippen LogP contribution in [0.25, 0.3) is 0 Å². The first-order chi connectivity index (χ1) is 17.2. The molecule has 0 spiro atoms. The zero-order chi connectivity index (χ0) is 25.9. The van der Waals surface area contributed by atoms with Crippen LogP contribution in [0.3, 0.4) is 0 Å². The normalized spacial score (nSPS) is 26.8. The van der Waals surface area contributed by atoms with E-state index in [-0.39, 0.29) is 12.0 Å². The molecule has 3 unspecified atom stereocenters. The van der Waals surface area contributed by atoms with Crippen molar-refractivity contribution >= 4 is 24.1 Å². The highest BCUT2D eigenvalue weighted by Gasteiger charge is 2.40. The van der Waals surface area contributed by atoms with Gasteiger partial charge in [-0.25, -0.2) is 14.8 Å². The van der Waals surface area contributed by atoms with Gasteiger partial charge in [0.15, 0.2) is 0 Å². The summed E-state index contributed by atoms with van der Waals surface area (Å²) < 4.78 is 11.1. The van der Waals surface area contributed by atoms with E-state index in [1.807, 2.05) is 31.7 Å². The molecule has 0 aromatic carbocycles. The zero-order valence-corrected chi connectivity index (χ0v) is 22.5. The quantitative estimate of drug-likeness (QED) is 0.474. The van der Waals surface area contributed by atoms with E-state index >= 15 is 0 Å². The van der Waals surface area contributed by atoms with Crippen molar-refractivity contribution in [2.24, 2.45) is 32.7 Å². The minimum atomic E-state index is -0.485. The predicted octanol–water partition coefficient (Wildman–Crippen LogP) is 3.61. The second-order valence-corrected chi connectivity index (χ2v) is 11.0. The molecule has 0 aromatic heterocycles. The lowest BCUT2D eigenvalue weighted by Crippen LogP contribution is -2.45. The van der Waals surface area contributed by atoms with Crippen LogP contribution in [0.5, 0.6) is 0 Å². The van der Waals surface area contributed by atoms with Crippen LogP contribution in [0.15, 0.2) is 50.2 Å². The molecule has 3 atom stereocenters. The lowest BCUT2D eigenvalue weighted by atomic mass is 9.89. The summed E-state index contributed by atoms with van der Waals surface area (Å²) in [6.07, 6.45) is 9.48. The Hall–Kier alpha value is -3.10. The monoisotopic (exact) mass is 496 g/mol. The van der Waals surface area contributed by atoms with E-state index in [2.05, 4.69) is 34.3 Å². The van der Waals surface area contributed by atoms with E-state index in [1.165, 1.54) is 0 Å². The van der Waals surface area contributed by atoms with Crippen molar-refractivity contribution in [3.05, 3.63) is 35.3 Å². The molecule has 1 amide bonds. The molecule has 36 heavy (non-hydrogen) atoms. The number of carbonyl (C=O) groups excluding carboxylic acids is 1. The summed E-state index contributed by atoms with van der Waals surface area (Å²) in [5.74, 6) is 2.92. The number of nitrogens with zero attached hydrogens (tertiary/aromatic N) is 5. The molecule has 2 fully saturated rings. The minimum Gasteiger partial charge on any atom is -0.501 e. The van der Waals surface area contributed by atoms with Gasteiger partial charge in [-0.3, -0.25) is 4.99 Å². The maximum Gasteiger partial charge on any atom is 0.410 e. The Balaban J connectivity index is 1.53. The highest BCUT2D eigenvalue weighted by molar-refractivity contribution is 6.17. The number of methoxy groups -OCH3 is 1. The summed E-state index contributed by atoms with van der Waals surface area (Å²) in [5.41, 5.74) is 2.48. The molecule has 4 aliphatic rings. The van der Waals surface area contributed by atoms with E-state index < -0.39 is 5.60 Å². The second-order valence-electron chi connectivity index (χ2n) is 11.0. The number of aliphatic imine (C=N–C) groups is 3. The molecule has 0 radical (unpaired) electrons. The molecule has 9 nitrogen and oxygen atoms in total. The fraction of sp³-hybridized carbons (Fsp3) is 0.630. The number of likely N-dealkylation sites (tertiary alicyclic amines) is 2. The number of hydrogen-bond acceptors (Lipinski definition) is 7. The van der Waals surface area contributed by atoms with Gasteiger partial charge in [0.2, 0.25) is 5.96 Å². The Morgan fingerprint density at radius 1 is 1.22 bits per heavy atom. The molecule has 0 aromatic rings. The lowest BCUT2D eigenvalue weighted by Gasteiger charge is -2.35. The summed E-state index contributed by atoms with van der Waals surface area (Å²) in [6, 6.07) is 0. The SMILES string of the molecule is CN=CNC1=CCN=C(N2CC3CCN(C(=O)OC(C)(C)C)CC3C2)N=C1C1=CC=C(OC)C(C)C1. The number of carbonyl (C=O) groups is 1. The van der Waals surface area contributed by atoms with Crippen molar-refractivity contribution in [3.8, 4) is 0 Å². The average molecular weight is 497 g/mol. The van der Waals surface area contributed by atoms with Crippen LogP contribution in [-0.2, 0) is 9.47 Å². The van der Waals surface area contributed by atoms with Gasteiger partial charge in [0.1, 0.15) is 5.60 Å². The molecule has 3 aliphatic heterocycles. The summed E-state index contributed by atoms with van der Waals surface area (Å²) in [7, 11) is 3.46. The van der Waals surface area contributed by atoms with Gasteiger partial charge < -0.3 is 24.6 Å². The summed E-state index contributed by atoms with van der Waals surface area (Å²) in [6.45, 7) is 11.6. The molecule has 9 heteroatoms. The third-order valence-electron chi connectivity index (χ3n) is 7.08. The van der Waals surface area contributed by atoms with Gasteiger partial charge in [-0.1, -0.05) is 13.0 Å². The maximum absolute atomic E-state index is 12.6. The van der Waals surface area contributed by atoms with Gasteiger partial charge in [-0.2, -0.15) is 0 Å². The van der Waals surface area contributed by atoms with Gasteiger partial charge in [0.25, 0.3) is 0 Å². The van der Waals surface area contributed by atoms with Gasteiger partial charge in [-0.15, -0.1) is 0 Å². The minimum absolute atomic E-state index is 0.217. The summed E-state index contributed by atoms with van der Waals surface area (Å²) in [5, 5.41) is 3.29. The highest BCUT2D eigenvalue weighted by Crippen LogP contribution is 2.33. The molecule has 0 saturated carbocycles. The number of nitrogens with one attached hydrogen (secondary N) is 1. The van der Waals surface area contributed by atoms with Gasteiger partial charge in [0, 0.05) is 39.1 Å². The van der Waals surface area contributed by atoms with Crippen LogP contribution in [0, 0.1) is 17.8 Å². The largest absolute Gasteiger partial charge is 0.501 e. The van der Waals surface area contributed by atoms with Crippen LogP contribution >= 0.6 is 0 Å². The van der Waals surface area contributed by atoms with E-state index in [4.69, 9.17) is 19.5 Å². The van der Waals surface area contributed by atoms with Crippen LogP contribution < -0.4 is 5.32 Å². The molecular formula is C27H40N6O3. The number of amides is 1. The fourth-order valence-electron chi connectivity index (χ4n) is 5.30. The number of allylic oxidation sites excluding steroid dienone is 4.